The molecule has 0 saturated heterocycles. The van der Waals surface area contributed by atoms with Crippen molar-refractivity contribution in [1.82, 2.24) is 9.88 Å². The van der Waals surface area contributed by atoms with E-state index in [0.717, 1.165) is 33.3 Å². The van der Waals surface area contributed by atoms with Gasteiger partial charge in [-0.15, -0.1) is 0 Å². The number of ether oxygens (including phenoxy) is 1. The molecule has 5 heteroatoms. The van der Waals surface area contributed by atoms with E-state index in [9.17, 15) is 9.90 Å². The molecule has 0 fully saturated rings. The minimum Gasteiger partial charge on any atom is -0.494 e. The molecule has 0 aliphatic rings. The average Bonchev–Trinajstić information content (AvgIpc) is 2.96. The highest BCUT2D eigenvalue weighted by atomic mass is 16.5. The highest BCUT2D eigenvalue weighted by Crippen LogP contribution is 2.28. The summed E-state index contributed by atoms with van der Waals surface area (Å²) in [4.78, 5) is 12.0. The SMILES string of the molecule is CCOc1ccccc1CNCc1c(C(=O)O)n(CC)c2cc(C)ccc12. The number of carboxylic acid groups (broad SMARTS) is 1. The summed E-state index contributed by atoms with van der Waals surface area (Å²) in [6.45, 7) is 8.29. The molecule has 1 heterocycles. The molecule has 0 aliphatic heterocycles. The van der Waals surface area contributed by atoms with Crippen LogP contribution in [-0.4, -0.2) is 22.2 Å². The number of benzene rings is 2. The van der Waals surface area contributed by atoms with E-state index in [4.69, 9.17) is 4.74 Å². The average molecular weight is 366 g/mol. The van der Waals surface area contributed by atoms with Gasteiger partial charge in [-0.3, -0.25) is 0 Å². The number of aryl methyl sites for hydroxylation is 2. The number of carboxylic acids is 1. The third kappa shape index (κ3) is 3.83. The first-order valence-electron chi connectivity index (χ1n) is 9.33. The third-order valence-corrected chi connectivity index (χ3v) is 4.73. The Bertz CT molecular complexity index is 960. The van der Waals surface area contributed by atoms with Crippen molar-refractivity contribution in [3.63, 3.8) is 0 Å². The summed E-state index contributed by atoms with van der Waals surface area (Å²) in [5.74, 6) is -0.0326. The molecule has 0 radical (unpaired) electrons. The molecule has 27 heavy (non-hydrogen) atoms. The molecule has 0 saturated carbocycles. The molecular formula is C22H26N2O3. The fourth-order valence-electron chi connectivity index (χ4n) is 3.55. The number of rotatable bonds is 8. The van der Waals surface area contributed by atoms with Gasteiger partial charge in [-0.2, -0.15) is 0 Å². The van der Waals surface area contributed by atoms with E-state index >= 15 is 0 Å². The summed E-state index contributed by atoms with van der Waals surface area (Å²) in [5.41, 5.74) is 4.35. The fraction of sp³-hybridized carbons (Fsp3) is 0.318. The van der Waals surface area contributed by atoms with Crippen molar-refractivity contribution in [2.24, 2.45) is 0 Å². The fourth-order valence-corrected chi connectivity index (χ4v) is 3.55. The number of aromatic carboxylic acids is 1. The molecule has 5 nitrogen and oxygen atoms in total. The first-order valence-corrected chi connectivity index (χ1v) is 9.33. The van der Waals surface area contributed by atoms with Crippen molar-refractivity contribution < 1.29 is 14.6 Å². The lowest BCUT2D eigenvalue weighted by molar-refractivity contribution is 0.0684. The van der Waals surface area contributed by atoms with Crippen LogP contribution in [0.25, 0.3) is 10.9 Å². The summed E-state index contributed by atoms with van der Waals surface area (Å²) in [6, 6.07) is 14.0. The normalized spacial score (nSPS) is 11.1. The Morgan fingerprint density at radius 3 is 2.63 bits per heavy atom. The summed E-state index contributed by atoms with van der Waals surface area (Å²) in [6.07, 6.45) is 0. The van der Waals surface area contributed by atoms with E-state index in [1.54, 1.807) is 0 Å². The molecule has 142 valence electrons. The molecule has 0 spiro atoms. The maximum absolute atomic E-state index is 12.0. The van der Waals surface area contributed by atoms with Gasteiger partial charge in [-0.05, 0) is 38.5 Å². The van der Waals surface area contributed by atoms with Crippen molar-refractivity contribution in [3.05, 3.63) is 64.8 Å². The van der Waals surface area contributed by atoms with Crippen LogP contribution in [0.5, 0.6) is 5.75 Å². The maximum atomic E-state index is 12.0. The quantitative estimate of drug-likeness (QED) is 0.622. The standard InChI is InChI=1S/C22H26N2O3/c1-4-24-19-12-15(3)10-11-17(19)18(21(24)22(25)26)14-23-13-16-8-6-7-9-20(16)27-5-2/h6-12,23H,4-5,13-14H2,1-3H3,(H,25,26). The molecule has 0 aliphatic carbocycles. The van der Waals surface area contributed by atoms with Crippen LogP contribution in [-0.2, 0) is 19.6 Å². The number of nitrogens with zero attached hydrogens (tertiary/aromatic N) is 1. The van der Waals surface area contributed by atoms with E-state index < -0.39 is 5.97 Å². The van der Waals surface area contributed by atoms with Crippen LogP contribution in [0.15, 0.2) is 42.5 Å². The molecular weight excluding hydrogens is 340 g/mol. The highest BCUT2D eigenvalue weighted by molar-refractivity contribution is 5.98. The lowest BCUT2D eigenvalue weighted by atomic mass is 10.1. The lowest BCUT2D eigenvalue weighted by Crippen LogP contribution is -2.17. The minimum atomic E-state index is -0.891. The van der Waals surface area contributed by atoms with Crippen LogP contribution < -0.4 is 10.1 Å². The van der Waals surface area contributed by atoms with Gasteiger partial charge >= 0.3 is 5.97 Å². The molecule has 1 aromatic heterocycles. The summed E-state index contributed by atoms with van der Waals surface area (Å²) in [5, 5.41) is 14.2. The first kappa shape index (κ1) is 19.0. The van der Waals surface area contributed by atoms with E-state index in [1.165, 1.54) is 0 Å². The van der Waals surface area contributed by atoms with Crippen LogP contribution >= 0.6 is 0 Å². The summed E-state index contributed by atoms with van der Waals surface area (Å²) in [7, 11) is 0. The number of fused-ring (bicyclic) bond motifs is 1. The van der Waals surface area contributed by atoms with Crippen molar-refractivity contribution >= 4 is 16.9 Å². The number of para-hydroxylation sites is 1. The van der Waals surface area contributed by atoms with E-state index in [1.807, 2.05) is 61.7 Å². The van der Waals surface area contributed by atoms with E-state index in [2.05, 4.69) is 11.4 Å². The molecule has 2 aromatic carbocycles. The second kappa shape index (κ2) is 8.27. The van der Waals surface area contributed by atoms with Crippen LogP contribution in [0.1, 0.15) is 41.0 Å². The topological polar surface area (TPSA) is 63.5 Å². The monoisotopic (exact) mass is 366 g/mol. The molecule has 2 N–H and O–H groups in total. The Morgan fingerprint density at radius 1 is 1.15 bits per heavy atom. The van der Waals surface area contributed by atoms with E-state index in [-0.39, 0.29) is 0 Å². The second-order valence-electron chi connectivity index (χ2n) is 6.54. The van der Waals surface area contributed by atoms with Gasteiger partial charge in [-0.25, -0.2) is 4.79 Å². The Morgan fingerprint density at radius 2 is 1.93 bits per heavy atom. The van der Waals surface area contributed by atoms with Gasteiger partial charge in [0.25, 0.3) is 0 Å². The van der Waals surface area contributed by atoms with Gasteiger partial charge < -0.3 is 19.7 Å². The Hall–Kier alpha value is -2.79. The third-order valence-electron chi connectivity index (χ3n) is 4.73. The van der Waals surface area contributed by atoms with Crippen LogP contribution in [0.4, 0.5) is 0 Å². The van der Waals surface area contributed by atoms with Crippen molar-refractivity contribution in [3.8, 4) is 5.75 Å². The number of aromatic nitrogens is 1. The largest absolute Gasteiger partial charge is 0.494 e. The van der Waals surface area contributed by atoms with Crippen molar-refractivity contribution in [2.45, 2.75) is 40.4 Å². The van der Waals surface area contributed by atoms with Gasteiger partial charge in [0.15, 0.2) is 0 Å². The summed E-state index contributed by atoms with van der Waals surface area (Å²) < 4.78 is 7.55. The Balaban J connectivity index is 1.91. The van der Waals surface area contributed by atoms with Crippen molar-refractivity contribution in [1.29, 1.82) is 0 Å². The Labute approximate surface area is 159 Å². The molecule has 0 amide bonds. The zero-order valence-electron chi connectivity index (χ0n) is 16.1. The van der Waals surface area contributed by atoms with Crippen LogP contribution in [0.3, 0.4) is 0 Å². The molecule has 0 unspecified atom stereocenters. The maximum Gasteiger partial charge on any atom is 0.352 e. The van der Waals surface area contributed by atoms with Gasteiger partial charge in [0, 0.05) is 41.7 Å². The minimum absolute atomic E-state index is 0.365. The van der Waals surface area contributed by atoms with Crippen LogP contribution in [0.2, 0.25) is 0 Å². The van der Waals surface area contributed by atoms with Crippen molar-refractivity contribution in [2.75, 3.05) is 6.61 Å². The predicted molar refractivity (Wildman–Crippen MR) is 107 cm³/mol. The lowest BCUT2D eigenvalue weighted by Gasteiger charge is -2.11. The number of hydrogen-bond acceptors (Lipinski definition) is 3. The first-order chi connectivity index (χ1) is 13.1. The van der Waals surface area contributed by atoms with Crippen LogP contribution in [0, 0.1) is 6.92 Å². The van der Waals surface area contributed by atoms with Gasteiger partial charge in [0.2, 0.25) is 0 Å². The molecule has 3 rings (SSSR count). The smallest absolute Gasteiger partial charge is 0.352 e. The second-order valence-corrected chi connectivity index (χ2v) is 6.54. The number of carbonyl (C=O) groups is 1. The molecule has 0 bridgehead atoms. The molecule has 0 atom stereocenters. The zero-order valence-corrected chi connectivity index (χ0v) is 16.1. The highest BCUT2D eigenvalue weighted by Gasteiger charge is 2.21. The zero-order chi connectivity index (χ0) is 19.4. The molecule has 3 aromatic rings. The van der Waals surface area contributed by atoms with Gasteiger partial charge in [-0.1, -0.05) is 30.3 Å². The number of nitrogens with one attached hydrogen (secondary N) is 1. The summed E-state index contributed by atoms with van der Waals surface area (Å²) >= 11 is 0. The predicted octanol–water partition coefficient (Wildman–Crippen LogP) is 4.36. The Kier molecular flexibility index (Phi) is 5.81. The number of hydrogen-bond donors (Lipinski definition) is 2. The van der Waals surface area contributed by atoms with Gasteiger partial charge in [0.05, 0.1) is 6.61 Å². The van der Waals surface area contributed by atoms with Gasteiger partial charge in [0.1, 0.15) is 11.4 Å². The van der Waals surface area contributed by atoms with E-state index in [0.29, 0.717) is 31.9 Å².